The lowest BCUT2D eigenvalue weighted by Gasteiger charge is -2.22. The van der Waals surface area contributed by atoms with Crippen LogP contribution >= 0.6 is 11.6 Å². The Labute approximate surface area is 251 Å². The second-order valence-corrected chi connectivity index (χ2v) is 10.3. The van der Waals surface area contributed by atoms with Gasteiger partial charge in [0.1, 0.15) is 5.82 Å². The lowest BCUT2D eigenvalue weighted by molar-refractivity contribution is -0.192. The molecule has 0 aliphatic carbocycles. The molecule has 2 N–H and O–H groups in total. The highest BCUT2D eigenvalue weighted by Crippen LogP contribution is 2.33. The number of aromatic nitrogens is 5. The summed E-state index contributed by atoms with van der Waals surface area (Å²) >= 11 is 5.82. The zero-order chi connectivity index (χ0) is 32.3. The van der Waals surface area contributed by atoms with Crippen molar-refractivity contribution in [3.63, 3.8) is 0 Å². The van der Waals surface area contributed by atoms with E-state index < -0.39 is 40.9 Å². The van der Waals surface area contributed by atoms with Gasteiger partial charge in [-0.1, -0.05) is 24.9 Å². The number of benzene rings is 1. The number of nitrogens with zero attached hydrogens (tertiary/aromatic N) is 5. The third kappa shape index (κ3) is 6.93. The van der Waals surface area contributed by atoms with Crippen LogP contribution in [0.15, 0.2) is 53.8 Å². The van der Waals surface area contributed by atoms with E-state index in [0.29, 0.717) is 36.3 Å². The molecule has 44 heavy (non-hydrogen) atoms. The molecule has 5 rings (SSSR count). The van der Waals surface area contributed by atoms with Crippen LogP contribution in [0, 0.1) is 17.6 Å². The summed E-state index contributed by atoms with van der Waals surface area (Å²) in [6.07, 6.45) is 1.12. The molecule has 1 aliphatic rings. The minimum Gasteiger partial charge on any atom is -0.475 e. The van der Waals surface area contributed by atoms with Gasteiger partial charge in [-0.25, -0.2) is 18.6 Å². The van der Waals surface area contributed by atoms with Gasteiger partial charge in [0.2, 0.25) is 5.91 Å². The molecule has 2 atom stereocenters. The van der Waals surface area contributed by atoms with Crippen LogP contribution in [0.25, 0.3) is 22.5 Å². The van der Waals surface area contributed by atoms with Gasteiger partial charge in [-0.2, -0.15) is 18.3 Å². The number of carbonyl (C=O) groups excluding carboxylic acids is 1. The van der Waals surface area contributed by atoms with Gasteiger partial charge >= 0.3 is 12.1 Å². The first-order valence-electron chi connectivity index (χ1n) is 13.0. The fraction of sp³-hybridized carbons (Fsp3) is 0.286. The Balaban J connectivity index is 0.000000566. The minimum absolute atomic E-state index is 0.116. The highest BCUT2D eigenvalue weighted by Gasteiger charge is 2.38. The van der Waals surface area contributed by atoms with Crippen LogP contribution in [0.4, 0.5) is 27.6 Å². The van der Waals surface area contributed by atoms with Crippen LogP contribution < -0.4 is 10.9 Å². The van der Waals surface area contributed by atoms with E-state index in [9.17, 15) is 31.5 Å². The molecule has 10 nitrogen and oxygen atoms in total. The number of hydrogen-bond donors (Lipinski definition) is 2. The maximum Gasteiger partial charge on any atom is 0.490 e. The number of halogens is 6. The molecule has 4 heterocycles. The first kappa shape index (κ1) is 32.3. The summed E-state index contributed by atoms with van der Waals surface area (Å²) in [7, 11) is 1.78. The van der Waals surface area contributed by atoms with Crippen molar-refractivity contribution in [2.24, 2.45) is 13.0 Å². The maximum atomic E-state index is 14.6. The van der Waals surface area contributed by atoms with E-state index in [1.807, 2.05) is 13.0 Å². The Bertz CT molecular complexity index is 1770. The lowest BCUT2D eigenvalue weighted by Crippen LogP contribution is -2.27. The van der Waals surface area contributed by atoms with Crippen molar-refractivity contribution in [2.75, 3.05) is 5.32 Å². The second kappa shape index (κ2) is 12.9. The Hall–Kier alpha value is -4.66. The largest absolute Gasteiger partial charge is 0.490 e. The Morgan fingerprint density at radius 1 is 1.11 bits per heavy atom. The number of carboxylic acid groups (broad SMARTS) is 1. The number of rotatable bonds is 2. The lowest BCUT2D eigenvalue weighted by atomic mass is 9.97. The number of alkyl halides is 3. The van der Waals surface area contributed by atoms with Crippen molar-refractivity contribution in [3.8, 4) is 22.5 Å². The second-order valence-electron chi connectivity index (χ2n) is 9.88. The van der Waals surface area contributed by atoms with Gasteiger partial charge in [0, 0.05) is 30.8 Å². The van der Waals surface area contributed by atoms with Crippen molar-refractivity contribution >= 4 is 29.2 Å². The van der Waals surface area contributed by atoms with Gasteiger partial charge in [-0.15, -0.1) is 0 Å². The summed E-state index contributed by atoms with van der Waals surface area (Å²) in [5, 5.41) is 14.1. The van der Waals surface area contributed by atoms with E-state index in [-0.39, 0.29) is 22.5 Å². The van der Waals surface area contributed by atoms with E-state index in [2.05, 4.69) is 20.4 Å². The number of nitrogens with one attached hydrogen (secondary N) is 1. The molecule has 0 saturated carbocycles. The first-order chi connectivity index (χ1) is 20.7. The highest BCUT2D eigenvalue weighted by atomic mass is 35.5. The summed E-state index contributed by atoms with van der Waals surface area (Å²) in [4.78, 5) is 43.7. The number of pyridine rings is 1. The Morgan fingerprint density at radius 3 is 2.48 bits per heavy atom. The van der Waals surface area contributed by atoms with Crippen molar-refractivity contribution in [2.45, 2.75) is 38.4 Å². The fourth-order valence-electron chi connectivity index (χ4n) is 4.63. The molecule has 1 amide bonds. The maximum absolute atomic E-state index is 14.6. The molecular formula is C28H24ClF5N6O4. The number of aliphatic carboxylic acids is 1. The van der Waals surface area contributed by atoms with E-state index >= 15 is 0 Å². The predicted octanol–water partition coefficient (Wildman–Crippen LogP) is 5.62. The Kier molecular flexibility index (Phi) is 9.47. The number of aryl methyl sites for hydroxylation is 1. The van der Waals surface area contributed by atoms with E-state index in [4.69, 9.17) is 21.5 Å². The van der Waals surface area contributed by atoms with Crippen LogP contribution in [0.3, 0.4) is 0 Å². The van der Waals surface area contributed by atoms with E-state index in [1.165, 1.54) is 10.9 Å². The molecular weight excluding hydrogens is 615 g/mol. The predicted molar refractivity (Wildman–Crippen MR) is 149 cm³/mol. The van der Waals surface area contributed by atoms with Crippen LogP contribution in [0.1, 0.15) is 37.9 Å². The van der Waals surface area contributed by atoms with Gasteiger partial charge in [0.05, 0.1) is 51.9 Å². The number of carbonyl (C=O) groups is 2. The van der Waals surface area contributed by atoms with Crippen LogP contribution in [0.2, 0.25) is 5.02 Å². The van der Waals surface area contributed by atoms with Crippen molar-refractivity contribution in [1.82, 2.24) is 24.3 Å². The topological polar surface area (TPSA) is 132 Å². The third-order valence-corrected chi connectivity index (χ3v) is 7.16. The number of fused-ring (bicyclic) bond motifs is 4. The quantitative estimate of drug-likeness (QED) is 0.215. The average molecular weight is 639 g/mol. The van der Waals surface area contributed by atoms with Crippen LogP contribution in [-0.2, 0) is 16.6 Å². The summed E-state index contributed by atoms with van der Waals surface area (Å²) in [5.74, 6) is -5.00. The molecule has 2 bridgehead atoms. The molecule has 232 valence electrons. The molecule has 0 unspecified atom stereocenters. The average Bonchev–Trinajstić information content (AvgIpc) is 3.32. The van der Waals surface area contributed by atoms with Gasteiger partial charge in [0.15, 0.2) is 5.82 Å². The van der Waals surface area contributed by atoms with Crippen molar-refractivity contribution in [1.29, 1.82) is 0 Å². The molecule has 0 radical (unpaired) electrons. The standard InChI is InChI=1S/C26H23ClF2N6O2.C2HF3O2/c1-14-4-3-5-21(18-10-15(8-9-30-18)25-20(33-26(14)37)12-32-34(25)2)35-13-31-19(11-22(35)36)23-17(28)7-6-16(27)24(23)29;3-2(4,5)1(6)7/h6-14,21H,3-5H2,1-2H3,(H,33,37);(H,6,7)/t14-,21+;/m1./s1. The van der Waals surface area contributed by atoms with Crippen molar-refractivity contribution in [3.05, 3.63) is 81.8 Å². The smallest absolute Gasteiger partial charge is 0.475 e. The summed E-state index contributed by atoms with van der Waals surface area (Å²) in [6.45, 7) is 1.85. The molecule has 0 fully saturated rings. The molecule has 4 aromatic rings. The van der Waals surface area contributed by atoms with Crippen molar-refractivity contribution < 1.29 is 36.6 Å². The zero-order valence-electron chi connectivity index (χ0n) is 23.1. The third-order valence-electron chi connectivity index (χ3n) is 6.87. The van der Waals surface area contributed by atoms with Gasteiger partial charge in [0.25, 0.3) is 5.56 Å². The van der Waals surface area contributed by atoms with Crippen LogP contribution in [0.5, 0.6) is 0 Å². The zero-order valence-corrected chi connectivity index (χ0v) is 23.8. The summed E-state index contributed by atoms with van der Waals surface area (Å²) in [5.41, 5.74) is 1.55. The summed E-state index contributed by atoms with van der Waals surface area (Å²) in [6, 6.07) is 6.35. The van der Waals surface area contributed by atoms with Gasteiger partial charge in [-0.05, 0) is 37.1 Å². The molecule has 0 spiro atoms. The monoisotopic (exact) mass is 638 g/mol. The molecule has 16 heteroatoms. The van der Waals surface area contributed by atoms with Gasteiger partial charge < -0.3 is 10.4 Å². The summed E-state index contributed by atoms with van der Waals surface area (Å²) < 4.78 is 63.8. The molecule has 1 aliphatic heterocycles. The fourth-order valence-corrected chi connectivity index (χ4v) is 4.78. The molecule has 3 aromatic heterocycles. The number of carboxylic acids is 1. The SMILES string of the molecule is C[C@@H]1CCC[C@H](n2cnc(-c3c(F)ccc(Cl)c3F)cc2=O)c2cc(ccn2)-c2c(cnn2C)NC1=O.O=C(O)C(F)(F)F. The normalized spacial score (nSPS) is 16.9. The van der Waals surface area contributed by atoms with Crippen LogP contribution in [-0.4, -0.2) is 47.5 Å². The number of anilines is 1. The highest BCUT2D eigenvalue weighted by molar-refractivity contribution is 6.31. The molecule has 0 saturated heterocycles. The van der Waals surface area contributed by atoms with E-state index in [1.54, 1.807) is 30.2 Å². The number of hydrogen-bond acceptors (Lipinski definition) is 6. The Morgan fingerprint density at radius 2 is 1.82 bits per heavy atom. The molecule has 1 aromatic carbocycles. The number of amides is 1. The minimum atomic E-state index is -5.08. The first-order valence-corrected chi connectivity index (χ1v) is 13.4. The van der Waals surface area contributed by atoms with E-state index in [0.717, 1.165) is 23.8 Å². The van der Waals surface area contributed by atoms with Gasteiger partial charge in [-0.3, -0.25) is 23.8 Å².